The molecule has 0 fully saturated rings. The number of aromatic nitrogens is 1. The molecule has 1 rings (SSSR count). The molecule has 0 bridgehead atoms. The number of hydrogen-bond acceptors (Lipinski definition) is 5. The lowest BCUT2D eigenvalue weighted by Crippen LogP contribution is -2.41. The van der Waals surface area contributed by atoms with Crippen molar-refractivity contribution in [2.75, 3.05) is 18.4 Å². The summed E-state index contributed by atoms with van der Waals surface area (Å²) in [4.78, 5) is 17.0. The van der Waals surface area contributed by atoms with Crippen molar-refractivity contribution in [2.24, 2.45) is 0 Å². The van der Waals surface area contributed by atoms with Crippen molar-refractivity contribution < 1.29 is 18.3 Å². The topological polar surface area (TPSA) is 78.3 Å². The number of nitrogens with one attached hydrogen (secondary N) is 2. The van der Waals surface area contributed by atoms with E-state index in [1.807, 2.05) is 6.92 Å². The van der Waals surface area contributed by atoms with Gasteiger partial charge in [0, 0.05) is 18.9 Å². The van der Waals surface area contributed by atoms with E-state index in [1.54, 1.807) is 38.4 Å². The minimum absolute atomic E-state index is 0.153. The summed E-state index contributed by atoms with van der Waals surface area (Å²) < 4.78 is 31.2. The van der Waals surface area contributed by atoms with Gasteiger partial charge in [-0.3, -0.25) is 15.3 Å². The Labute approximate surface area is 156 Å². The molecule has 0 aliphatic heterocycles. The molecule has 26 heavy (non-hydrogen) atoms. The Morgan fingerprint density at radius 1 is 1.54 bits per heavy atom. The fraction of sp³-hybridized carbons (Fsp3) is 0.471. The summed E-state index contributed by atoms with van der Waals surface area (Å²) >= 11 is 5.73. The van der Waals surface area contributed by atoms with Crippen LogP contribution in [0.15, 0.2) is 36.3 Å². The molecule has 1 amide bonds. The van der Waals surface area contributed by atoms with Crippen LogP contribution in [0.25, 0.3) is 0 Å². The first-order valence-corrected chi connectivity index (χ1v) is 8.41. The molecular weight excluding hydrogens is 366 g/mol. The first-order chi connectivity index (χ1) is 12.2. The highest BCUT2D eigenvalue weighted by atomic mass is 35.5. The van der Waals surface area contributed by atoms with E-state index >= 15 is 0 Å². The number of pyridine rings is 1. The van der Waals surface area contributed by atoms with E-state index in [9.17, 15) is 13.6 Å². The van der Waals surface area contributed by atoms with Crippen LogP contribution < -0.4 is 5.32 Å². The van der Waals surface area contributed by atoms with Crippen molar-refractivity contribution in [2.45, 2.75) is 39.2 Å². The number of ether oxygens (including phenoxy) is 1. The summed E-state index contributed by atoms with van der Waals surface area (Å²) in [7, 11) is 0. The molecule has 144 valence electrons. The molecule has 1 aromatic heterocycles. The third kappa shape index (κ3) is 7.35. The van der Waals surface area contributed by atoms with Crippen molar-refractivity contribution in [3.05, 3.63) is 36.3 Å². The van der Waals surface area contributed by atoms with Gasteiger partial charge in [-0.25, -0.2) is 13.6 Å². The minimum atomic E-state index is -2.81. The van der Waals surface area contributed by atoms with Gasteiger partial charge in [-0.2, -0.15) is 0 Å². The molecule has 0 atom stereocenters. The number of amides is 1. The van der Waals surface area contributed by atoms with Gasteiger partial charge in [0.1, 0.15) is 10.8 Å². The van der Waals surface area contributed by atoms with Crippen LogP contribution in [0.2, 0.25) is 0 Å². The number of halogens is 3. The monoisotopic (exact) mass is 388 g/mol. The lowest BCUT2D eigenvalue weighted by Gasteiger charge is -2.29. The predicted molar refractivity (Wildman–Crippen MR) is 98.0 cm³/mol. The first kappa shape index (κ1) is 21.8. The van der Waals surface area contributed by atoms with Gasteiger partial charge in [0.15, 0.2) is 0 Å². The van der Waals surface area contributed by atoms with E-state index in [4.69, 9.17) is 21.7 Å². The maximum absolute atomic E-state index is 13.0. The fourth-order valence-corrected chi connectivity index (χ4v) is 2.00. The molecular formula is C17H23ClF2N4O2. The Hall–Kier alpha value is -2.22. The fourth-order valence-electron chi connectivity index (χ4n) is 1.82. The average molecular weight is 389 g/mol. The molecule has 0 spiro atoms. The van der Waals surface area contributed by atoms with E-state index in [0.29, 0.717) is 17.0 Å². The number of anilines is 1. The van der Waals surface area contributed by atoms with Gasteiger partial charge in [-0.15, -0.1) is 0 Å². The molecule has 0 aromatic carbocycles. The number of carbonyl (C=O) groups is 1. The van der Waals surface area contributed by atoms with Crippen molar-refractivity contribution in [1.82, 2.24) is 9.88 Å². The standard InChI is InChI=1S/C17H23ClF2N4O2/c1-4-17(2,3)26-16(25)24(11-14(19)20)13(15(18)21)7-9-23-12-6-5-8-22-10-12/h5-8,10,14,21,23H,4,9,11H2,1-3H3/b13-7+,21-15?. The number of hydrogen-bond donors (Lipinski definition) is 2. The Kier molecular flexibility index (Phi) is 8.44. The van der Waals surface area contributed by atoms with Crippen molar-refractivity contribution in [1.29, 1.82) is 5.41 Å². The summed E-state index contributed by atoms with van der Waals surface area (Å²) in [5.41, 5.74) is -0.287. The summed E-state index contributed by atoms with van der Waals surface area (Å²) in [5.74, 6) is 0. The highest BCUT2D eigenvalue weighted by molar-refractivity contribution is 6.68. The summed E-state index contributed by atoms with van der Waals surface area (Å²) in [6.45, 7) is 4.38. The van der Waals surface area contributed by atoms with Crippen LogP contribution in [-0.2, 0) is 4.74 Å². The van der Waals surface area contributed by atoms with Gasteiger partial charge in [0.05, 0.1) is 17.9 Å². The summed E-state index contributed by atoms with van der Waals surface area (Å²) in [6.07, 6.45) is 1.28. The lowest BCUT2D eigenvalue weighted by molar-refractivity contribution is 0.00802. The molecule has 6 nitrogen and oxygen atoms in total. The second-order valence-electron chi connectivity index (χ2n) is 6.01. The van der Waals surface area contributed by atoms with E-state index < -0.39 is 29.8 Å². The van der Waals surface area contributed by atoms with Crippen molar-refractivity contribution in [3.63, 3.8) is 0 Å². The number of allylic oxidation sites excluding steroid dienone is 1. The van der Waals surface area contributed by atoms with Crippen LogP contribution in [0.5, 0.6) is 0 Å². The molecule has 0 radical (unpaired) electrons. The molecule has 0 unspecified atom stereocenters. The van der Waals surface area contributed by atoms with Crippen LogP contribution in [0, 0.1) is 5.41 Å². The average Bonchev–Trinajstić information content (AvgIpc) is 2.57. The van der Waals surface area contributed by atoms with Gasteiger partial charge in [-0.05, 0) is 38.5 Å². The Morgan fingerprint density at radius 2 is 2.23 bits per heavy atom. The van der Waals surface area contributed by atoms with Crippen LogP contribution in [0.4, 0.5) is 19.3 Å². The highest BCUT2D eigenvalue weighted by Gasteiger charge is 2.29. The highest BCUT2D eigenvalue weighted by Crippen LogP contribution is 2.20. The van der Waals surface area contributed by atoms with E-state index in [2.05, 4.69) is 10.3 Å². The van der Waals surface area contributed by atoms with Crippen LogP contribution in [0.3, 0.4) is 0 Å². The lowest BCUT2D eigenvalue weighted by atomic mass is 10.1. The molecule has 1 aromatic rings. The van der Waals surface area contributed by atoms with E-state index in [-0.39, 0.29) is 12.2 Å². The number of carbonyl (C=O) groups excluding carboxylic acids is 1. The minimum Gasteiger partial charge on any atom is -0.443 e. The molecule has 0 aliphatic carbocycles. The van der Waals surface area contributed by atoms with Gasteiger partial charge in [0.25, 0.3) is 6.43 Å². The Bertz CT molecular complexity index is 639. The quantitative estimate of drug-likeness (QED) is 0.611. The smallest absolute Gasteiger partial charge is 0.415 e. The van der Waals surface area contributed by atoms with Crippen LogP contribution in [0.1, 0.15) is 27.2 Å². The SMILES string of the molecule is CCC(C)(C)OC(=O)N(CC(F)F)/C(=C/CNc1cccnc1)C(=N)Cl. The zero-order chi connectivity index (χ0) is 19.7. The van der Waals surface area contributed by atoms with Crippen LogP contribution in [-0.4, -0.2) is 46.3 Å². The first-order valence-electron chi connectivity index (χ1n) is 8.03. The Balaban J connectivity index is 2.98. The zero-order valence-electron chi connectivity index (χ0n) is 14.9. The third-order valence-corrected chi connectivity index (χ3v) is 3.73. The molecule has 0 aliphatic rings. The molecule has 0 saturated heterocycles. The summed E-state index contributed by atoms with van der Waals surface area (Å²) in [6, 6.07) is 3.49. The Morgan fingerprint density at radius 3 is 2.73 bits per heavy atom. The van der Waals surface area contributed by atoms with E-state index in [0.717, 1.165) is 0 Å². The third-order valence-electron chi connectivity index (χ3n) is 3.53. The predicted octanol–water partition coefficient (Wildman–Crippen LogP) is 4.49. The van der Waals surface area contributed by atoms with Crippen molar-refractivity contribution >= 4 is 28.6 Å². The van der Waals surface area contributed by atoms with Gasteiger partial charge in [-0.1, -0.05) is 18.5 Å². The second-order valence-corrected chi connectivity index (χ2v) is 6.39. The van der Waals surface area contributed by atoms with Crippen molar-refractivity contribution in [3.8, 4) is 0 Å². The summed E-state index contributed by atoms with van der Waals surface area (Å²) in [5, 5.41) is 10.1. The largest absolute Gasteiger partial charge is 0.443 e. The molecule has 1 heterocycles. The molecule has 9 heteroatoms. The van der Waals surface area contributed by atoms with Gasteiger partial charge in [0.2, 0.25) is 0 Å². The number of rotatable bonds is 9. The number of alkyl halides is 2. The maximum Gasteiger partial charge on any atom is 0.415 e. The maximum atomic E-state index is 13.0. The number of nitrogens with zero attached hydrogens (tertiary/aromatic N) is 2. The van der Waals surface area contributed by atoms with Crippen LogP contribution >= 0.6 is 11.6 Å². The van der Waals surface area contributed by atoms with Gasteiger partial charge >= 0.3 is 6.09 Å². The second kappa shape index (κ2) is 10.1. The van der Waals surface area contributed by atoms with Gasteiger partial charge < -0.3 is 10.1 Å². The molecule has 2 N–H and O–H groups in total. The van der Waals surface area contributed by atoms with E-state index in [1.165, 1.54) is 6.08 Å². The zero-order valence-corrected chi connectivity index (χ0v) is 15.7. The normalized spacial score (nSPS) is 12.0. The molecule has 0 saturated carbocycles.